The Labute approximate surface area is 145 Å². The first-order chi connectivity index (χ1) is 11.7. The van der Waals surface area contributed by atoms with Crippen molar-refractivity contribution in [3.05, 3.63) is 28.8 Å². The van der Waals surface area contributed by atoms with Crippen molar-refractivity contribution in [1.29, 1.82) is 0 Å². The van der Waals surface area contributed by atoms with E-state index in [1.54, 1.807) is 18.2 Å². The lowest BCUT2D eigenvalue weighted by Gasteiger charge is -2.18. The Morgan fingerprint density at radius 2 is 1.79 bits per heavy atom. The van der Waals surface area contributed by atoms with Crippen molar-refractivity contribution in [3.63, 3.8) is 0 Å². The second-order valence-electron chi connectivity index (χ2n) is 5.77. The predicted molar refractivity (Wildman–Crippen MR) is 93.2 cm³/mol. The normalized spacial score (nSPS) is 15.1. The van der Waals surface area contributed by atoms with Gasteiger partial charge in [0.2, 0.25) is 5.13 Å². The average molecular weight is 347 g/mol. The van der Waals surface area contributed by atoms with Gasteiger partial charge in [-0.3, -0.25) is 10.1 Å². The highest BCUT2D eigenvalue weighted by Crippen LogP contribution is 2.35. The van der Waals surface area contributed by atoms with Crippen LogP contribution < -0.4 is 14.8 Å². The van der Waals surface area contributed by atoms with E-state index >= 15 is 0 Å². The van der Waals surface area contributed by atoms with Crippen LogP contribution in [0.4, 0.5) is 5.13 Å². The van der Waals surface area contributed by atoms with Crippen LogP contribution in [-0.4, -0.2) is 30.3 Å². The summed E-state index contributed by atoms with van der Waals surface area (Å²) in [4.78, 5) is 12.6. The zero-order chi connectivity index (χ0) is 16.9. The van der Waals surface area contributed by atoms with Crippen molar-refractivity contribution in [3.8, 4) is 11.5 Å². The molecular formula is C17H21N3O3S. The first-order valence-corrected chi connectivity index (χ1v) is 8.90. The fraction of sp³-hybridized carbons (Fsp3) is 0.471. The quantitative estimate of drug-likeness (QED) is 0.889. The third-order valence-electron chi connectivity index (χ3n) is 4.27. The maximum absolute atomic E-state index is 12.6. The number of methoxy groups -OCH3 is 2. The summed E-state index contributed by atoms with van der Waals surface area (Å²) in [6, 6.07) is 5.23. The maximum Gasteiger partial charge on any atom is 0.265 e. The van der Waals surface area contributed by atoms with Crippen LogP contribution in [0, 0.1) is 0 Å². The van der Waals surface area contributed by atoms with Gasteiger partial charge in [0.1, 0.15) is 22.1 Å². The van der Waals surface area contributed by atoms with Gasteiger partial charge in [-0.15, -0.1) is 10.2 Å². The van der Waals surface area contributed by atoms with Gasteiger partial charge < -0.3 is 9.47 Å². The highest BCUT2D eigenvalue weighted by molar-refractivity contribution is 7.15. The molecule has 1 N–H and O–H groups in total. The Morgan fingerprint density at radius 3 is 2.42 bits per heavy atom. The van der Waals surface area contributed by atoms with Crippen molar-refractivity contribution in [2.24, 2.45) is 0 Å². The number of ether oxygens (including phenoxy) is 2. The molecule has 0 saturated heterocycles. The zero-order valence-corrected chi connectivity index (χ0v) is 14.7. The summed E-state index contributed by atoms with van der Waals surface area (Å²) in [7, 11) is 3.05. The molecule has 1 heterocycles. The highest BCUT2D eigenvalue weighted by atomic mass is 32.1. The molecule has 128 valence electrons. The van der Waals surface area contributed by atoms with Gasteiger partial charge in [0.25, 0.3) is 5.91 Å². The average Bonchev–Trinajstić information content (AvgIpc) is 3.10. The van der Waals surface area contributed by atoms with Crippen molar-refractivity contribution < 1.29 is 14.3 Å². The zero-order valence-electron chi connectivity index (χ0n) is 13.9. The molecule has 1 fully saturated rings. The van der Waals surface area contributed by atoms with E-state index in [9.17, 15) is 4.79 Å². The first-order valence-electron chi connectivity index (χ1n) is 8.08. The topological polar surface area (TPSA) is 73.3 Å². The number of hydrogen-bond acceptors (Lipinski definition) is 6. The van der Waals surface area contributed by atoms with Crippen LogP contribution in [0.15, 0.2) is 18.2 Å². The number of amides is 1. The predicted octanol–water partition coefficient (Wildman–Crippen LogP) is 3.86. The molecular weight excluding hydrogens is 326 g/mol. The molecule has 1 aromatic carbocycles. The van der Waals surface area contributed by atoms with E-state index in [1.165, 1.54) is 44.8 Å². The molecule has 1 aliphatic carbocycles. The van der Waals surface area contributed by atoms with Gasteiger partial charge in [0.15, 0.2) is 0 Å². The molecule has 3 rings (SSSR count). The first kappa shape index (κ1) is 16.7. The summed E-state index contributed by atoms with van der Waals surface area (Å²) in [5, 5.41) is 12.7. The van der Waals surface area contributed by atoms with Crippen molar-refractivity contribution in [1.82, 2.24) is 10.2 Å². The number of carbonyl (C=O) groups excluding carboxylic acids is 1. The Bertz CT molecular complexity index is 689. The molecule has 0 aliphatic heterocycles. The van der Waals surface area contributed by atoms with E-state index in [0.29, 0.717) is 28.1 Å². The van der Waals surface area contributed by atoms with Crippen LogP contribution in [0.5, 0.6) is 11.5 Å². The van der Waals surface area contributed by atoms with Crippen LogP contribution in [0.1, 0.15) is 53.4 Å². The Morgan fingerprint density at radius 1 is 1.12 bits per heavy atom. The summed E-state index contributed by atoms with van der Waals surface area (Å²) < 4.78 is 10.5. The minimum absolute atomic E-state index is 0.310. The number of anilines is 1. The lowest BCUT2D eigenvalue weighted by molar-refractivity contribution is 0.102. The fourth-order valence-electron chi connectivity index (χ4n) is 3.03. The summed E-state index contributed by atoms with van der Waals surface area (Å²) >= 11 is 1.45. The monoisotopic (exact) mass is 347 g/mol. The van der Waals surface area contributed by atoms with Gasteiger partial charge in [-0.1, -0.05) is 36.7 Å². The highest BCUT2D eigenvalue weighted by Gasteiger charge is 2.22. The number of aromatic nitrogens is 2. The SMILES string of the molecule is COc1cccc(OC)c1C(=O)Nc1nnc(C2CCCCC2)s1. The molecule has 1 amide bonds. The minimum atomic E-state index is -0.310. The molecule has 2 aromatic rings. The lowest BCUT2D eigenvalue weighted by Crippen LogP contribution is -2.14. The molecule has 0 unspecified atom stereocenters. The van der Waals surface area contributed by atoms with Crippen molar-refractivity contribution in [2.45, 2.75) is 38.0 Å². The van der Waals surface area contributed by atoms with Gasteiger partial charge >= 0.3 is 0 Å². The van der Waals surface area contributed by atoms with Gasteiger partial charge in [-0.2, -0.15) is 0 Å². The molecule has 0 bridgehead atoms. The molecule has 0 radical (unpaired) electrons. The van der Waals surface area contributed by atoms with E-state index in [1.807, 2.05) is 0 Å². The third kappa shape index (κ3) is 3.51. The van der Waals surface area contributed by atoms with E-state index in [0.717, 1.165) is 17.8 Å². The standard InChI is InChI=1S/C17H21N3O3S/c1-22-12-9-6-10-13(23-2)14(12)15(21)18-17-20-19-16(24-17)11-7-4-3-5-8-11/h6,9-11H,3-5,7-8H2,1-2H3,(H,18,20,21). The van der Waals surface area contributed by atoms with E-state index in [2.05, 4.69) is 15.5 Å². The Hall–Kier alpha value is -2.15. The summed E-state index contributed by atoms with van der Waals surface area (Å²) in [6.45, 7) is 0. The number of benzene rings is 1. The van der Waals surface area contributed by atoms with Crippen molar-refractivity contribution in [2.75, 3.05) is 19.5 Å². The molecule has 0 atom stereocenters. The fourth-order valence-corrected chi connectivity index (χ4v) is 3.94. The van der Waals surface area contributed by atoms with E-state index in [-0.39, 0.29) is 5.91 Å². The van der Waals surface area contributed by atoms with Crippen LogP contribution >= 0.6 is 11.3 Å². The molecule has 0 spiro atoms. The number of nitrogens with one attached hydrogen (secondary N) is 1. The van der Waals surface area contributed by atoms with Crippen LogP contribution in [0.2, 0.25) is 0 Å². The Kier molecular flexibility index (Phi) is 5.30. The second-order valence-corrected chi connectivity index (χ2v) is 6.78. The Balaban J connectivity index is 1.77. The van der Waals surface area contributed by atoms with E-state index < -0.39 is 0 Å². The smallest absolute Gasteiger partial charge is 0.265 e. The molecule has 7 heteroatoms. The lowest BCUT2D eigenvalue weighted by atomic mass is 9.90. The molecule has 6 nitrogen and oxygen atoms in total. The van der Waals surface area contributed by atoms with Crippen LogP contribution in [0.3, 0.4) is 0 Å². The largest absolute Gasteiger partial charge is 0.496 e. The molecule has 1 saturated carbocycles. The summed E-state index contributed by atoms with van der Waals surface area (Å²) in [5.41, 5.74) is 0.358. The van der Waals surface area contributed by atoms with Crippen molar-refractivity contribution >= 4 is 22.4 Å². The molecule has 1 aromatic heterocycles. The van der Waals surface area contributed by atoms with Gasteiger partial charge in [-0.25, -0.2) is 0 Å². The minimum Gasteiger partial charge on any atom is -0.496 e. The number of rotatable bonds is 5. The summed E-state index contributed by atoms with van der Waals surface area (Å²) in [6.07, 6.45) is 6.09. The third-order valence-corrected chi connectivity index (χ3v) is 5.27. The van der Waals surface area contributed by atoms with Gasteiger partial charge in [0, 0.05) is 5.92 Å². The number of carbonyl (C=O) groups is 1. The van der Waals surface area contributed by atoms with E-state index in [4.69, 9.17) is 9.47 Å². The van der Waals surface area contributed by atoms with Crippen LogP contribution in [0.25, 0.3) is 0 Å². The van der Waals surface area contributed by atoms with Gasteiger partial charge in [-0.05, 0) is 25.0 Å². The van der Waals surface area contributed by atoms with Gasteiger partial charge in [0.05, 0.1) is 14.2 Å². The molecule has 1 aliphatic rings. The number of hydrogen-bond donors (Lipinski definition) is 1. The molecule has 24 heavy (non-hydrogen) atoms. The summed E-state index contributed by atoms with van der Waals surface area (Å²) in [5.74, 6) is 1.09. The maximum atomic E-state index is 12.6. The number of nitrogens with zero attached hydrogens (tertiary/aromatic N) is 2. The van der Waals surface area contributed by atoms with Crippen LogP contribution in [-0.2, 0) is 0 Å². The second kappa shape index (κ2) is 7.61.